The van der Waals surface area contributed by atoms with Crippen molar-refractivity contribution < 1.29 is 18.7 Å². The van der Waals surface area contributed by atoms with Crippen molar-refractivity contribution in [3.05, 3.63) is 71.3 Å². The average molecular weight is 380 g/mol. The van der Waals surface area contributed by atoms with Crippen molar-refractivity contribution in [2.75, 3.05) is 25.1 Å². The highest BCUT2D eigenvalue weighted by Crippen LogP contribution is 2.32. The molecule has 6 heteroatoms. The van der Waals surface area contributed by atoms with Gasteiger partial charge in [0.1, 0.15) is 19.0 Å². The molecule has 0 bridgehead atoms. The van der Waals surface area contributed by atoms with Crippen molar-refractivity contribution in [2.45, 2.75) is 13.8 Å². The van der Waals surface area contributed by atoms with E-state index in [4.69, 9.17) is 9.47 Å². The number of benzene rings is 2. The van der Waals surface area contributed by atoms with Crippen LogP contribution in [0.4, 0.5) is 10.1 Å². The fourth-order valence-corrected chi connectivity index (χ4v) is 3.46. The van der Waals surface area contributed by atoms with Gasteiger partial charge in [0, 0.05) is 34.4 Å². The third-order valence-electron chi connectivity index (χ3n) is 4.81. The van der Waals surface area contributed by atoms with E-state index in [0.29, 0.717) is 30.3 Å². The summed E-state index contributed by atoms with van der Waals surface area (Å²) in [6.45, 7) is 5.05. The van der Waals surface area contributed by atoms with E-state index in [0.717, 1.165) is 22.8 Å². The fraction of sp³-hybridized carbons (Fsp3) is 0.227. The van der Waals surface area contributed by atoms with Gasteiger partial charge in [-0.15, -0.1) is 0 Å². The molecule has 1 aliphatic rings. The molecule has 0 radical (unpaired) electrons. The Balaban J connectivity index is 1.51. The summed E-state index contributed by atoms with van der Waals surface area (Å²) in [5.74, 6) is 1.09. The molecule has 5 nitrogen and oxygen atoms in total. The largest absolute Gasteiger partial charge is 0.486 e. The summed E-state index contributed by atoms with van der Waals surface area (Å²) in [4.78, 5) is 12.8. The maximum absolute atomic E-state index is 13.2. The fourth-order valence-electron chi connectivity index (χ4n) is 3.46. The number of ketones is 1. The molecule has 0 fully saturated rings. The summed E-state index contributed by atoms with van der Waals surface area (Å²) in [5.41, 5.74) is 4.02. The predicted molar refractivity (Wildman–Crippen MR) is 105 cm³/mol. The number of aromatic nitrogens is 1. The van der Waals surface area contributed by atoms with Gasteiger partial charge in [-0.3, -0.25) is 4.79 Å². The number of carbonyl (C=O) groups excluding carboxylic acids is 1. The SMILES string of the molecule is Cc1cc(C(=O)CNc2ccc3c(c2)OCCO3)c(C)n1-c1ccc(F)cc1. The maximum Gasteiger partial charge on any atom is 0.183 e. The number of aryl methyl sites for hydroxylation is 1. The molecule has 2 heterocycles. The maximum atomic E-state index is 13.2. The minimum atomic E-state index is -0.286. The quantitative estimate of drug-likeness (QED) is 0.671. The molecule has 0 saturated carbocycles. The van der Waals surface area contributed by atoms with Gasteiger partial charge in [0.25, 0.3) is 0 Å². The highest BCUT2D eigenvalue weighted by molar-refractivity contribution is 6.00. The van der Waals surface area contributed by atoms with Crippen LogP contribution in [0.1, 0.15) is 21.7 Å². The Labute approximate surface area is 162 Å². The predicted octanol–water partition coefficient (Wildman–Crippen LogP) is 4.30. The Hall–Kier alpha value is -3.28. The molecule has 0 unspecified atom stereocenters. The Kier molecular flexibility index (Phi) is 4.77. The number of ether oxygens (including phenoxy) is 2. The molecule has 0 spiro atoms. The van der Waals surface area contributed by atoms with Crippen LogP contribution in [0.15, 0.2) is 48.5 Å². The minimum absolute atomic E-state index is 0.0173. The Morgan fingerprint density at radius 3 is 2.50 bits per heavy atom. The second-order valence-electron chi connectivity index (χ2n) is 6.73. The smallest absolute Gasteiger partial charge is 0.183 e. The lowest BCUT2D eigenvalue weighted by molar-refractivity contribution is 0.101. The van der Waals surface area contributed by atoms with Crippen LogP contribution in [0.3, 0.4) is 0 Å². The lowest BCUT2D eigenvalue weighted by Gasteiger charge is -2.19. The van der Waals surface area contributed by atoms with Gasteiger partial charge >= 0.3 is 0 Å². The lowest BCUT2D eigenvalue weighted by Crippen LogP contribution is -2.17. The molecule has 3 aromatic rings. The number of hydrogen-bond donors (Lipinski definition) is 1. The summed E-state index contributed by atoms with van der Waals surface area (Å²) >= 11 is 0. The molecule has 2 aromatic carbocycles. The van der Waals surface area contributed by atoms with Crippen LogP contribution < -0.4 is 14.8 Å². The van der Waals surface area contributed by atoms with Gasteiger partial charge in [-0.05, 0) is 56.3 Å². The van der Waals surface area contributed by atoms with Crippen LogP contribution in [0.5, 0.6) is 11.5 Å². The van der Waals surface area contributed by atoms with Crippen molar-refractivity contribution in [1.29, 1.82) is 0 Å². The van der Waals surface area contributed by atoms with Crippen molar-refractivity contribution in [3.63, 3.8) is 0 Å². The molecule has 1 aliphatic heterocycles. The number of fused-ring (bicyclic) bond motifs is 1. The van der Waals surface area contributed by atoms with E-state index in [1.807, 2.05) is 42.7 Å². The Morgan fingerprint density at radius 2 is 1.75 bits per heavy atom. The van der Waals surface area contributed by atoms with E-state index < -0.39 is 0 Å². The van der Waals surface area contributed by atoms with Crippen LogP contribution in [-0.4, -0.2) is 30.1 Å². The van der Waals surface area contributed by atoms with E-state index in [1.165, 1.54) is 12.1 Å². The topological polar surface area (TPSA) is 52.5 Å². The zero-order valence-corrected chi connectivity index (χ0v) is 15.8. The van der Waals surface area contributed by atoms with E-state index in [1.54, 1.807) is 12.1 Å². The summed E-state index contributed by atoms with van der Waals surface area (Å²) in [6, 6.07) is 13.6. The molecular weight excluding hydrogens is 359 g/mol. The number of nitrogens with zero attached hydrogens (tertiary/aromatic N) is 1. The second-order valence-corrected chi connectivity index (χ2v) is 6.73. The van der Waals surface area contributed by atoms with Crippen LogP contribution in [-0.2, 0) is 0 Å². The molecule has 0 atom stereocenters. The van der Waals surface area contributed by atoms with E-state index in [2.05, 4.69) is 5.32 Å². The summed E-state index contributed by atoms with van der Waals surface area (Å²) in [5, 5.41) is 3.15. The van der Waals surface area contributed by atoms with Crippen LogP contribution >= 0.6 is 0 Å². The van der Waals surface area contributed by atoms with Gasteiger partial charge in [-0.2, -0.15) is 0 Å². The molecule has 0 aliphatic carbocycles. The first-order chi connectivity index (χ1) is 13.5. The molecule has 4 rings (SSSR count). The van der Waals surface area contributed by atoms with Gasteiger partial charge in [0.2, 0.25) is 0 Å². The van der Waals surface area contributed by atoms with E-state index >= 15 is 0 Å². The molecule has 0 saturated heterocycles. The highest BCUT2D eigenvalue weighted by atomic mass is 19.1. The third kappa shape index (κ3) is 3.45. The van der Waals surface area contributed by atoms with Gasteiger partial charge in [0.05, 0.1) is 6.54 Å². The van der Waals surface area contributed by atoms with E-state index in [9.17, 15) is 9.18 Å². The molecule has 0 amide bonds. The highest BCUT2D eigenvalue weighted by Gasteiger charge is 2.17. The third-order valence-corrected chi connectivity index (χ3v) is 4.81. The summed E-state index contributed by atoms with van der Waals surface area (Å²) < 4.78 is 26.3. The summed E-state index contributed by atoms with van der Waals surface area (Å²) in [7, 11) is 0. The monoisotopic (exact) mass is 380 g/mol. The van der Waals surface area contributed by atoms with Crippen LogP contribution in [0, 0.1) is 19.7 Å². The van der Waals surface area contributed by atoms with Crippen molar-refractivity contribution in [1.82, 2.24) is 4.57 Å². The number of carbonyl (C=O) groups is 1. The second kappa shape index (κ2) is 7.38. The van der Waals surface area contributed by atoms with Crippen molar-refractivity contribution in [2.24, 2.45) is 0 Å². The van der Waals surface area contributed by atoms with Gasteiger partial charge in [-0.1, -0.05) is 0 Å². The van der Waals surface area contributed by atoms with Crippen LogP contribution in [0.2, 0.25) is 0 Å². The normalized spacial score (nSPS) is 12.7. The molecule has 144 valence electrons. The first kappa shape index (κ1) is 18.1. The van der Waals surface area contributed by atoms with Gasteiger partial charge in [0.15, 0.2) is 17.3 Å². The summed E-state index contributed by atoms with van der Waals surface area (Å²) in [6.07, 6.45) is 0. The van der Waals surface area contributed by atoms with Gasteiger partial charge < -0.3 is 19.4 Å². The van der Waals surface area contributed by atoms with E-state index in [-0.39, 0.29) is 18.1 Å². The average Bonchev–Trinajstić information content (AvgIpc) is 3.01. The number of anilines is 1. The first-order valence-electron chi connectivity index (χ1n) is 9.14. The number of halogens is 1. The molecule has 1 N–H and O–H groups in total. The number of nitrogens with one attached hydrogen (secondary N) is 1. The van der Waals surface area contributed by atoms with Crippen molar-refractivity contribution >= 4 is 11.5 Å². The zero-order valence-electron chi connectivity index (χ0n) is 15.8. The zero-order chi connectivity index (χ0) is 19.7. The molecule has 1 aromatic heterocycles. The van der Waals surface area contributed by atoms with Crippen molar-refractivity contribution in [3.8, 4) is 17.2 Å². The number of hydrogen-bond acceptors (Lipinski definition) is 4. The minimum Gasteiger partial charge on any atom is -0.486 e. The Morgan fingerprint density at radius 1 is 1.04 bits per heavy atom. The molecule has 28 heavy (non-hydrogen) atoms. The molecular formula is C22H21FN2O3. The lowest BCUT2D eigenvalue weighted by atomic mass is 10.1. The van der Waals surface area contributed by atoms with Crippen LogP contribution in [0.25, 0.3) is 5.69 Å². The number of Topliss-reactive ketones (excluding diaryl/α,β-unsaturated/α-hetero) is 1. The Bertz CT molecular complexity index is 1030. The standard InChI is InChI=1S/C22H21FN2O3/c1-14-11-19(15(2)25(14)18-6-3-16(23)4-7-18)20(26)13-24-17-5-8-21-22(12-17)28-10-9-27-21/h3-8,11-12,24H,9-10,13H2,1-2H3. The number of rotatable bonds is 5. The van der Waals surface area contributed by atoms with Gasteiger partial charge in [-0.25, -0.2) is 4.39 Å². The first-order valence-corrected chi connectivity index (χ1v) is 9.14.